The fourth-order valence-electron chi connectivity index (χ4n) is 1.42. The minimum Gasteiger partial charge on any atom is -0.379 e. The van der Waals surface area contributed by atoms with Crippen molar-refractivity contribution in [2.75, 3.05) is 32.8 Å². The molecule has 1 atom stereocenters. The van der Waals surface area contributed by atoms with E-state index < -0.39 is 15.3 Å². The fourth-order valence-corrected chi connectivity index (χ4v) is 2.81. The van der Waals surface area contributed by atoms with Crippen molar-refractivity contribution < 1.29 is 13.2 Å². The van der Waals surface area contributed by atoms with Crippen molar-refractivity contribution in [3.8, 4) is 0 Å². The van der Waals surface area contributed by atoms with E-state index in [0.717, 1.165) is 0 Å². The van der Waals surface area contributed by atoms with E-state index in [-0.39, 0.29) is 6.54 Å². The van der Waals surface area contributed by atoms with Crippen molar-refractivity contribution in [3.05, 3.63) is 0 Å². The van der Waals surface area contributed by atoms with Gasteiger partial charge in [0.15, 0.2) is 0 Å². The van der Waals surface area contributed by atoms with Gasteiger partial charge in [0.05, 0.1) is 18.5 Å². The van der Waals surface area contributed by atoms with Gasteiger partial charge in [0.2, 0.25) is 10.0 Å². The molecule has 1 aliphatic heterocycles. The van der Waals surface area contributed by atoms with Crippen LogP contribution in [0, 0.1) is 0 Å². The topological polar surface area (TPSA) is 84.7 Å². The van der Waals surface area contributed by atoms with Gasteiger partial charge in [0, 0.05) is 19.6 Å². The molecular formula is C8H19N3O3S. The zero-order valence-electron chi connectivity index (χ0n) is 8.98. The van der Waals surface area contributed by atoms with Crippen LogP contribution in [0.25, 0.3) is 0 Å². The molecule has 15 heavy (non-hydrogen) atoms. The minimum atomic E-state index is -3.33. The zero-order chi connectivity index (χ0) is 11.3. The van der Waals surface area contributed by atoms with Crippen LogP contribution in [0.4, 0.5) is 0 Å². The molecule has 7 heteroatoms. The molecule has 0 saturated carbocycles. The Balaban J connectivity index is 2.54. The van der Waals surface area contributed by atoms with Gasteiger partial charge in [0.1, 0.15) is 0 Å². The molecule has 1 saturated heterocycles. The fraction of sp³-hybridized carbons (Fsp3) is 1.00. The molecule has 0 aliphatic carbocycles. The van der Waals surface area contributed by atoms with Crippen molar-refractivity contribution in [3.63, 3.8) is 0 Å². The number of hydrogen-bond donors (Lipinski definition) is 2. The van der Waals surface area contributed by atoms with Crippen LogP contribution in [0.15, 0.2) is 0 Å². The van der Waals surface area contributed by atoms with E-state index in [0.29, 0.717) is 32.7 Å². The standard InChI is InChI=1S/C8H19N3O3S/c1-2-8(7-9)15(12,13)10-11-3-5-14-6-4-11/h8,10H,2-7,9H2,1H3. The number of hydrogen-bond acceptors (Lipinski definition) is 5. The van der Waals surface area contributed by atoms with Gasteiger partial charge in [-0.1, -0.05) is 6.92 Å². The van der Waals surface area contributed by atoms with Crippen LogP contribution in [0.5, 0.6) is 0 Å². The van der Waals surface area contributed by atoms with Crippen molar-refractivity contribution >= 4 is 10.0 Å². The highest BCUT2D eigenvalue weighted by molar-refractivity contribution is 7.90. The molecule has 0 radical (unpaired) electrons. The lowest BCUT2D eigenvalue weighted by atomic mass is 10.3. The predicted molar refractivity (Wildman–Crippen MR) is 57.6 cm³/mol. The molecule has 0 bridgehead atoms. The van der Waals surface area contributed by atoms with E-state index in [1.807, 2.05) is 6.92 Å². The highest BCUT2D eigenvalue weighted by atomic mass is 32.2. The van der Waals surface area contributed by atoms with Gasteiger partial charge in [-0.25, -0.2) is 13.4 Å². The van der Waals surface area contributed by atoms with Gasteiger partial charge in [0.25, 0.3) is 0 Å². The number of sulfonamides is 1. The van der Waals surface area contributed by atoms with Gasteiger partial charge in [-0.05, 0) is 6.42 Å². The Morgan fingerprint density at radius 3 is 2.53 bits per heavy atom. The molecule has 1 unspecified atom stereocenters. The molecule has 1 rings (SSSR count). The van der Waals surface area contributed by atoms with Crippen LogP contribution in [-0.2, 0) is 14.8 Å². The molecule has 1 fully saturated rings. The molecule has 1 heterocycles. The maximum absolute atomic E-state index is 11.8. The third-order valence-electron chi connectivity index (χ3n) is 2.42. The summed E-state index contributed by atoms with van der Waals surface area (Å²) in [5.41, 5.74) is 5.41. The smallest absolute Gasteiger partial charge is 0.228 e. The monoisotopic (exact) mass is 237 g/mol. The first kappa shape index (κ1) is 12.9. The molecule has 0 amide bonds. The average Bonchev–Trinajstić information content (AvgIpc) is 2.19. The van der Waals surface area contributed by atoms with Gasteiger partial charge >= 0.3 is 0 Å². The number of ether oxygens (including phenoxy) is 1. The quantitative estimate of drug-likeness (QED) is 0.633. The largest absolute Gasteiger partial charge is 0.379 e. The molecule has 0 aromatic rings. The van der Waals surface area contributed by atoms with E-state index in [9.17, 15) is 8.42 Å². The van der Waals surface area contributed by atoms with Crippen molar-refractivity contribution in [1.29, 1.82) is 0 Å². The zero-order valence-corrected chi connectivity index (χ0v) is 9.79. The Morgan fingerprint density at radius 1 is 1.47 bits per heavy atom. The normalized spacial score (nSPS) is 21.5. The SMILES string of the molecule is CCC(CN)S(=O)(=O)NN1CCOCC1. The molecule has 3 N–H and O–H groups in total. The second-order valence-corrected chi connectivity index (χ2v) is 5.44. The average molecular weight is 237 g/mol. The molecule has 1 aliphatic rings. The Labute approximate surface area is 90.8 Å². The summed E-state index contributed by atoms with van der Waals surface area (Å²) in [4.78, 5) is 2.54. The minimum absolute atomic E-state index is 0.149. The summed E-state index contributed by atoms with van der Waals surface area (Å²) in [5, 5.41) is 1.15. The first-order valence-corrected chi connectivity index (χ1v) is 6.68. The van der Waals surface area contributed by atoms with Crippen LogP contribution < -0.4 is 10.6 Å². The Bertz CT molecular complexity index is 271. The third-order valence-corrected chi connectivity index (χ3v) is 4.34. The maximum atomic E-state index is 11.8. The summed E-state index contributed by atoms with van der Waals surface area (Å²) < 4.78 is 28.7. The lowest BCUT2D eigenvalue weighted by molar-refractivity contribution is 0.0270. The molecular weight excluding hydrogens is 218 g/mol. The van der Waals surface area contributed by atoms with E-state index >= 15 is 0 Å². The summed E-state index contributed by atoms with van der Waals surface area (Å²) in [5.74, 6) is 0. The summed E-state index contributed by atoms with van der Waals surface area (Å²) in [7, 11) is -3.33. The van der Waals surface area contributed by atoms with Crippen LogP contribution in [0.2, 0.25) is 0 Å². The summed E-state index contributed by atoms with van der Waals surface area (Å²) in [6.07, 6.45) is 0.524. The summed E-state index contributed by atoms with van der Waals surface area (Å²) in [6, 6.07) is 0. The maximum Gasteiger partial charge on any atom is 0.228 e. The van der Waals surface area contributed by atoms with Gasteiger partial charge in [-0.3, -0.25) is 0 Å². The third kappa shape index (κ3) is 3.69. The first-order valence-electron chi connectivity index (χ1n) is 5.14. The van der Waals surface area contributed by atoms with Crippen molar-refractivity contribution in [2.24, 2.45) is 5.73 Å². The highest BCUT2D eigenvalue weighted by Gasteiger charge is 2.25. The van der Waals surface area contributed by atoms with Crippen LogP contribution in [-0.4, -0.2) is 51.5 Å². The van der Waals surface area contributed by atoms with Crippen molar-refractivity contribution in [2.45, 2.75) is 18.6 Å². The molecule has 0 aromatic heterocycles. The Morgan fingerprint density at radius 2 is 2.07 bits per heavy atom. The Hall–Kier alpha value is -0.210. The predicted octanol–water partition coefficient (Wildman–Crippen LogP) is -1.11. The lowest BCUT2D eigenvalue weighted by Crippen LogP contribution is -2.52. The number of rotatable bonds is 5. The molecule has 6 nitrogen and oxygen atoms in total. The van der Waals surface area contributed by atoms with Gasteiger partial charge < -0.3 is 10.5 Å². The van der Waals surface area contributed by atoms with Gasteiger partial charge in [-0.15, -0.1) is 4.83 Å². The van der Waals surface area contributed by atoms with Crippen molar-refractivity contribution in [1.82, 2.24) is 9.84 Å². The first-order chi connectivity index (χ1) is 7.10. The van der Waals surface area contributed by atoms with Crippen LogP contribution >= 0.6 is 0 Å². The lowest BCUT2D eigenvalue weighted by Gasteiger charge is -2.28. The Kier molecular flexibility index (Phi) is 4.94. The van der Waals surface area contributed by atoms with Gasteiger partial charge in [-0.2, -0.15) is 0 Å². The van der Waals surface area contributed by atoms with Crippen LogP contribution in [0.1, 0.15) is 13.3 Å². The molecule has 0 spiro atoms. The number of morpholine rings is 1. The van der Waals surface area contributed by atoms with Crippen LogP contribution in [0.3, 0.4) is 0 Å². The summed E-state index contributed by atoms with van der Waals surface area (Å²) >= 11 is 0. The summed E-state index contributed by atoms with van der Waals surface area (Å²) in [6.45, 7) is 4.25. The molecule has 90 valence electrons. The van der Waals surface area contributed by atoms with E-state index in [2.05, 4.69) is 4.83 Å². The number of nitrogens with zero attached hydrogens (tertiary/aromatic N) is 1. The van der Waals surface area contributed by atoms with E-state index in [1.165, 1.54) is 0 Å². The number of nitrogens with two attached hydrogens (primary N) is 1. The second kappa shape index (κ2) is 5.76. The highest BCUT2D eigenvalue weighted by Crippen LogP contribution is 2.04. The number of nitrogens with one attached hydrogen (secondary N) is 1. The molecule has 0 aromatic carbocycles. The number of hydrazine groups is 1. The second-order valence-electron chi connectivity index (χ2n) is 3.50. The van der Waals surface area contributed by atoms with E-state index in [1.54, 1.807) is 5.01 Å². The van der Waals surface area contributed by atoms with E-state index in [4.69, 9.17) is 10.5 Å².